The summed E-state index contributed by atoms with van der Waals surface area (Å²) in [4.78, 5) is 34.0. The number of nitriles is 4. The maximum atomic E-state index is 14.9. The van der Waals surface area contributed by atoms with Crippen LogP contribution in [0.5, 0.6) is 0 Å². The van der Waals surface area contributed by atoms with Crippen molar-refractivity contribution in [2.75, 3.05) is 0 Å². The second kappa shape index (κ2) is 31.0. The Kier molecular flexibility index (Phi) is 21.1. The molecule has 0 bridgehead atoms. The van der Waals surface area contributed by atoms with Crippen LogP contribution in [0.4, 0.5) is 0 Å². The third kappa shape index (κ3) is 12.7. The number of thiophene rings is 4. The van der Waals surface area contributed by atoms with E-state index in [1.54, 1.807) is 22.7 Å². The first kappa shape index (κ1) is 73.6. The highest BCUT2D eigenvalue weighted by Gasteiger charge is 2.55. The predicted octanol–water partition coefficient (Wildman–Crippen LogP) is 26.9. The van der Waals surface area contributed by atoms with E-state index in [1.807, 2.05) is 86.8 Å². The van der Waals surface area contributed by atoms with Gasteiger partial charge in [-0.05, 0) is 228 Å². The molecule has 0 saturated heterocycles. The first-order valence-corrected chi connectivity index (χ1v) is 42.5. The van der Waals surface area contributed by atoms with Crippen LogP contribution in [0.1, 0.15) is 261 Å². The average Bonchev–Trinajstić information content (AvgIpc) is 1.49. The minimum atomic E-state index is -0.847. The third-order valence-corrected chi connectivity index (χ3v) is 28.4. The van der Waals surface area contributed by atoms with E-state index >= 15 is 0 Å². The molecule has 0 radical (unpaired) electrons. The van der Waals surface area contributed by atoms with Crippen molar-refractivity contribution < 1.29 is 9.59 Å². The molecule has 108 heavy (non-hydrogen) atoms. The van der Waals surface area contributed by atoms with Crippen LogP contribution in [0.15, 0.2) is 168 Å². The summed E-state index contributed by atoms with van der Waals surface area (Å²) in [6.07, 6.45) is 26.7. The van der Waals surface area contributed by atoms with E-state index in [0.29, 0.717) is 44.5 Å². The van der Waals surface area contributed by atoms with Gasteiger partial charge in [-0.2, -0.15) is 21.0 Å². The Hall–Kier alpha value is -9.88. The summed E-state index contributed by atoms with van der Waals surface area (Å²) in [5, 5.41) is 42.3. The SMILES string of the molecule is CCCCCCc1ccc(C2(c3ccc(CCCCCC)cc3)c3cc4c(cc3-c3sc5cc(C=C6C(=O)c7cc(C)c(C)cc7C6=C(C#N)C#N)sc5c32)C(c2ccc(CCCCCC)cc2)(c2ccc(CCCCCC)cc2)c2c-4sc3cc(C=C4C(=O)c5cc(C)c(C)cc5C4=C(C#N)C#N)sc23)cc1. The molecule has 4 heterocycles. The minimum absolute atomic E-state index is 0.0737. The summed E-state index contributed by atoms with van der Waals surface area (Å²) in [5.74, 6) is -0.365. The Bertz CT molecular complexity index is 5250. The smallest absolute Gasteiger partial charge is 0.194 e. The number of hydrogen-bond donors (Lipinski definition) is 0. The van der Waals surface area contributed by atoms with E-state index in [4.69, 9.17) is 0 Å². The lowest BCUT2D eigenvalue weighted by molar-refractivity contribution is 0.103. The zero-order valence-electron chi connectivity index (χ0n) is 63.4. The summed E-state index contributed by atoms with van der Waals surface area (Å²) < 4.78 is 4.50. The third-order valence-electron chi connectivity index (χ3n) is 23.6. The molecule has 0 aliphatic heterocycles. The van der Waals surface area contributed by atoms with Gasteiger partial charge < -0.3 is 0 Å². The van der Waals surface area contributed by atoms with Crippen molar-refractivity contribution in [1.82, 2.24) is 0 Å². The van der Waals surface area contributed by atoms with Crippen LogP contribution in [-0.2, 0) is 36.5 Å². The number of Topliss-reactive ketones (excluding diaryl/α,β-unsaturated/α-hetero) is 2. The minimum Gasteiger partial charge on any atom is -0.289 e. The highest BCUT2D eigenvalue weighted by Crippen LogP contribution is 2.68. The van der Waals surface area contributed by atoms with E-state index in [0.717, 1.165) is 102 Å². The fraction of sp³-hybridized carbons (Fsp3) is 0.306. The van der Waals surface area contributed by atoms with Crippen molar-refractivity contribution in [2.24, 2.45) is 0 Å². The molecule has 6 nitrogen and oxygen atoms in total. The van der Waals surface area contributed by atoms with Crippen molar-refractivity contribution >= 4 is 99.0 Å². The van der Waals surface area contributed by atoms with Gasteiger partial charge in [0.1, 0.15) is 35.4 Å². The zero-order chi connectivity index (χ0) is 75.1. The molecule has 0 unspecified atom stereocenters. The summed E-state index contributed by atoms with van der Waals surface area (Å²) in [5.41, 5.74) is 23.2. The highest BCUT2D eigenvalue weighted by atomic mass is 32.1. The standard InChI is InChI=1S/C98H90N4O2S4/c1-9-13-17-21-25-63-29-37-69(38-30-63)97(70-39-31-64(32-40-70)26-22-18-14-10-2)83-53-80-84(54-79(83)93-89(97)95-85(107-93)51-73(105-95)49-81-87(67(55-99)56-100)75-45-59(5)61(7)47-77(75)91(81)103)98(71-41-33-65(34-42-71)27-23-19-15-11-3,72-43-35-66(36-44-72)28-24-20-16-12-4)90-94(80)108-86-52-74(106-96(86)90)50-82-88(68(57-101)58-102)76-46-60(6)62(8)48-78(76)92(82)104/h29-54H,9-28H2,1-8H3. The van der Waals surface area contributed by atoms with Gasteiger partial charge in [0.25, 0.3) is 0 Å². The van der Waals surface area contributed by atoms with Gasteiger partial charge in [0.2, 0.25) is 0 Å². The van der Waals surface area contributed by atoms with E-state index in [2.05, 4.69) is 173 Å². The highest BCUT2D eigenvalue weighted by molar-refractivity contribution is 7.31. The number of unbranched alkanes of at least 4 members (excludes halogenated alkanes) is 12. The van der Waals surface area contributed by atoms with Crippen molar-refractivity contribution in [2.45, 2.75) is 195 Å². The molecule has 0 N–H and O–H groups in total. The number of fused-ring (bicyclic) bond motifs is 12. The van der Waals surface area contributed by atoms with Gasteiger partial charge in [0, 0.05) is 73.5 Å². The summed E-state index contributed by atoms with van der Waals surface area (Å²) >= 11 is 7.04. The quantitative estimate of drug-likeness (QED) is 0.0302. The first-order chi connectivity index (χ1) is 52.7. The normalized spacial score (nSPS) is 14.8. The molecule has 0 atom stereocenters. The number of rotatable bonds is 26. The molecule has 538 valence electrons. The van der Waals surface area contributed by atoms with Gasteiger partial charge >= 0.3 is 0 Å². The first-order valence-electron chi connectivity index (χ1n) is 39.2. The van der Waals surface area contributed by atoms with Crippen molar-refractivity contribution in [1.29, 1.82) is 21.0 Å². The number of aryl methyl sites for hydroxylation is 8. The molecular formula is C98H90N4O2S4. The van der Waals surface area contributed by atoms with Gasteiger partial charge in [-0.1, -0.05) is 214 Å². The van der Waals surface area contributed by atoms with Crippen LogP contribution in [-0.4, -0.2) is 11.6 Å². The Balaban J connectivity index is 1.01. The largest absolute Gasteiger partial charge is 0.289 e. The van der Waals surface area contributed by atoms with E-state index in [9.17, 15) is 30.6 Å². The van der Waals surface area contributed by atoms with Gasteiger partial charge in [-0.3, -0.25) is 9.59 Å². The molecule has 11 aromatic rings. The molecule has 7 aromatic carbocycles. The monoisotopic (exact) mass is 1480 g/mol. The lowest BCUT2D eigenvalue weighted by Crippen LogP contribution is -2.30. The fourth-order valence-corrected chi connectivity index (χ4v) is 23.2. The van der Waals surface area contributed by atoms with Crippen LogP contribution < -0.4 is 0 Å². The van der Waals surface area contributed by atoms with Crippen LogP contribution in [0, 0.1) is 73.0 Å². The van der Waals surface area contributed by atoms with Crippen LogP contribution in [0.2, 0.25) is 0 Å². The van der Waals surface area contributed by atoms with Crippen LogP contribution in [0.3, 0.4) is 0 Å². The molecule has 0 fully saturated rings. The Labute approximate surface area is 653 Å². The molecule has 0 amide bonds. The lowest BCUT2D eigenvalue weighted by atomic mass is 9.65. The number of hydrogen-bond acceptors (Lipinski definition) is 10. The molecule has 0 spiro atoms. The van der Waals surface area contributed by atoms with Crippen LogP contribution >= 0.6 is 45.3 Å². The number of carbonyl (C=O) groups is 2. The molecule has 4 aliphatic carbocycles. The van der Waals surface area contributed by atoms with E-state index in [-0.39, 0.29) is 22.7 Å². The number of ketones is 2. The van der Waals surface area contributed by atoms with Gasteiger partial charge in [-0.25, -0.2) is 0 Å². The van der Waals surface area contributed by atoms with E-state index < -0.39 is 10.8 Å². The second-order valence-corrected chi connectivity index (χ2v) is 34.7. The predicted molar refractivity (Wildman–Crippen MR) is 452 cm³/mol. The zero-order valence-corrected chi connectivity index (χ0v) is 66.7. The molecule has 4 aliphatic rings. The lowest BCUT2D eigenvalue weighted by Gasteiger charge is -2.36. The van der Waals surface area contributed by atoms with Gasteiger partial charge in [0.15, 0.2) is 11.6 Å². The van der Waals surface area contributed by atoms with Gasteiger partial charge in [-0.15, -0.1) is 45.3 Å². The van der Waals surface area contributed by atoms with Crippen molar-refractivity contribution in [3.8, 4) is 45.2 Å². The molecule has 4 aromatic heterocycles. The molecule has 0 saturated carbocycles. The Morgan fingerprint density at radius 3 is 0.917 bits per heavy atom. The summed E-state index contributed by atoms with van der Waals surface area (Å²) in [7, 11) is 0. The second-order valence-electron chi connectivity index (χ2n) is 30.5. The van der Waals surface area contributed by atoms with E-state index in [1.165, 1.54) is 165 Å². The topological polar surface area (TPSA) is 129 Å². The number of benzene rings is 7. The van der Waals surface area contributed by atoms with Crippen LogP contribution in [0.25, 0.3) is 63.0 Å². The van der Waals surface area contributed by atoms with Crippen molar-refractivity contribution in [3.63, 3.8) is 0 Å². The van der Waals surface area contributed by atoms with Gasteiger partial charge in [0.05, 0.1) is 20.2 Å². The number of allylic oxidation sites excluding steroid dienone is 6. The average molecular weight is 1480 g/mol. The summed E-state index contributed by atoms with van der Waals surface area (Å²) in [6.45, 7) is 17.1. The fourth-order valence-electron chi connectivity index (χ4n) is 17.7. The Morgan fingerprint density at radius 1 is 0.352 bits per heavy atom. The maximum absolute atomic E-state index is 14.9. The number of carbonyl (C=O) groups excluding carboxylic acids is 2. The molecule has 15 rings (SSSR count). The Morgan fingerprint density at radius 2 is 0.639 bits per heavy atom. The summed E-state index contributed by atoms with van der Waals surface area (Å²) in [6, 6.07) is 64.6. The molecular weight excluding hydrogens is 1390 g/mol. The number of nitrogens with zero attached hydrogens (tertiary/aromatic N) is 4. The molecule has 10 heteroatoms. The van der Waals surface area contributed by atoms with Crippen molar-refractivity contribution in [3.05, 3.63) is 289 Å². The maximum Gasteiger partial charge on any atom is 0.194 e.